The maximum absolute atomic E-state index is 14.0. The van der Waals surface area contributed by atoms with Crippen molar-refractivity contribution in [1.29, 1.82) is 0 Å². The van der Waals surface area contributed by atoms with Crippen molar-refractivity contribution in [3.05, 3.63) is 103 Å². The smallest absolute Gasteiger partial charge is 0.418 e. The number of para-hydroxylation sites is 1. The molecule has 0 radical (unpaired) electrons. The van der Waals surface area contributed by atoms with E-state index >= 15 is 0 Å². The molecule has 4 unspecified atom stereocenters. The average molecular weight is 775 g/mol. The van der Waals surface area contributed by atoms with Gasteiger partial charge in [-0.25, -0.2) is 4.39 Å². The highest BCUT2D eigenvalue weighted by Crippen LogP contribution is 2.69. The minimum Gasteiger partial charge on any atom is -0.483 e. The number of thiazole rings is 1. The summed E-state index contributed by atoms with van der Waals surface area (Å²) in [6, 6.07) is 15.1. The van der Waals surface area contributed by atoms with E-state index in [1.807, 2.05) is 6.07 Å². The standard InChI is InChI=1S/C34H24BrF4N3O5S2/c35-14-5-10-22(47-13-23(43)40-21-4-2-1-3-20(21)34(37,38)39)17(11-14)24-25-18-12-19(28(25)48-30-29(24)49-33(46)41-30)27-26(18)31(44)42(32(27)45)16-8-6-15(36)7-9-16/h1-11,18-19,24-28H,12-13H2,(H,40,43)(H,41,46)/t18-,19-,24-,25?,26?,27?,28?/m1/s1. The Balaban J connectivity index is 1.12. The van der Waals surface area contributed by atoms with E-state index in [-0.39, 0.29) is 39.7 Å². The molecule has 7 atom stereocenters. The number of rotatable bonds is 6. The molecule has 8 nitrogen and oxygen atoms in total. The van der Waals surface area contributed by atoms with Crippen LogP contribution in [-0.2, 0) is 20.6 Å². The number of aromatic amines is 1. The van der Waals surface area contributed by atoms with Crippen LogP contribution in [0.5, 0.6) is 5.75 Å². The van der Waals surface area contributed by atoms with Crippen molar-refractivity contribution in [2.24, 2.45) is 29.6 Å². The number of halogens is 5. The van der Waals surface area contributed by atoms with E-state index in [0.29, 0.717) is 32.9 Å². The maximum atomic E-state index is 14.0. The predicted octanol–water partition coefficient (Wildman–Crippen LogP) is 7.05. The lowest BCUT2D eigenvalue weighted by molar-refractivity contribution is -0.137. The Morgan fingerprint density at radius 1 is 1.00 bits per heavy atom. The van der Waals surface area contributed by atoms with Crippen LogP contribution in [0.1, 0.15) is 28.3 Å². The van der Waals surface area contributed by atoms with Gasteiger partial charge in [0.25, 0.3) is 5.91 Å². The number of amides is 3. The Bertz CT molecular complexity index is 2090. The number of imide groups is 1. The lowest BCUT2D eigenvalue weighted by Crippen LogP contribution is -2.42. The lowest BCUT2D eigenvalue weighted by Gasteiger charge is -2.43. The Labute approximate surface area is 292 Å². The average Bonchev–Trinajstić information content (AvgIpc) is 3.79. The Morgan fingerprint density at radius 2 is 1.71 bits per heavy atom. The molecule has 2 bridgehead atoms. The second-order valence-corrected chi connectivity index (χ2v) is 15.6. The molecule has 1 saturated heterocycles. The van der Waals surface area contributed by atoms with Gasteiger partial charge in [0.1, 0.15) is 11.6 Å². The molecule has 49 heavy (non-hydrogen) atoms. The van der Waals surface area contributed by atoms with E-state index in [0.717, 1.165) is 28.3 Å². The number of thioether (sulfide) groups is 1. The first kappa shape index (κ1) is 32.3. The van der Waals surface area contributed by atoms with Gasteiger partial charge in [0.15, 0.2) is 6.61 Å². The number of H-pyrrole nitrogens is 1. The van der Waals surface area contributed by atoms with Crippen LogP contribution in [0.15, 0.2) is 81.0 Å². The van der Waals surface area contributed by atoms with Gasteiger partial charge in [0.2, 0.25) is 11.8 Å². The first-order chi connectivity index (χ1) is 23.4. The number of nitrogens with one attached hydrogen (secondary N) is 2. The SMILES string of the molecule is O=C(COc1ccc(Br)cc1[C@H]1c2sc(=O)[nH]c2SC2C1[C@H]1C[C@@H]2C2C(=O)N(c3ccc(F)cc3)C(=O)C21)Nc1ccccc1C(F)(F)F. The van der Waals surface area contributed by atoms with E-state index in [1.54, 1.807) is 12.1 Å². The molecular formula is C34H24BrF4N3O5S2. The number of carbonyl (C=O) groups is 3. The fraction of sp³-hybridized carbons (Fsp3) is 0.294. The summed E-state index contributed by atoms with van der Waals surface area (Å²) in [5, 5.41) is 2.83. The van der Waals surface area contributed by atoms with E-state index in [4.69, 9.17) is 4.74 Å². The van der Waals surface area contributed by atoms with E-state index < -0.39 is 53.5 Å². The highest BCUT2D eigenvalue weighted by molar-refractivity contribution is 9.10. The zero-order valence-electron chi connectivity index (χ0n) is 25.0. The zero-order valence-corrected chi connectivity index (χ0v) is 28.2. The van der Waals surface area contributed by atoms with Gasteiger partial charge in [-0.3, -0.25) is 24.1 Å². The van der Waals surface area contributed by atoms with Crippen LogP contribution in [-0.4, -0.2) is 34.6 Å². The molecule has 3 heterocycles. The van der Waals surface area contributed by atoms with Gasteiger partial charge in [0.05, 0.1) is 33.8 Å². The first-order valence-electron chi connectivity index (χ1n) is 15.3. The van der Waals surface area contributed by atoms with Crippen molar-refractivity contribution < 1.29 is 36.7 Å². The van der Waals surface area contributed by atoms with Crippen LogP contribution in [0.2, 0.25) is 0 Å². The summed E-state index contributed by atoms with van der Waals surface area (Å²) in [7, 11) is 0. The number of hydrogen-bond donors (Lipinski definition) is 2. The number of benzene rings is 3. The number of nitrogens with zero attached hydrogens (tertiary/aromatic N) is 1. The van der Waals surface area contributed by atoms with Gasteiger partial charge in [0, 0.05) is 26.1 Å². The molecule has 2 N–H and O–H groups in total. The molecule has 2 aliphatic heterocycles. The van der Waals surface area contributed by atoms with Crippen molar-refractivity contribution in [2.75, 3.05) is 16.8 Å². The van der Waals surface area contributed by atoms with Crippen LogP contribution in [0, 0.1) is 35.4 Å². The van der Waals surface area contributed by atoms with Gasteiger partial charge in [-0.15, -0.1) is 11.8 Å². The van der Waals surface area contributed by atoms with Crippen molar-refractivity contribution in [1.82, 2.24) is 4.98 Å². The number of alkyl halides is 3. The maximum Gasteiger partial charge on any atom is 0.418 e. The van der Waals surface area contributed by atoms with Crippen LogP contribution >= 0.6 is 39.0 Å². The molecule has 2 saturated carbocycles. The number of ether oxygens (including phenoxy) is 1. The molecule has 8 rings (SSSR count). The normalized spacial score (nSPS) is 26.8. The molecule has 4 aromatic rings. The lowest BCUT2D eigenvalue weighted by atomic mass is 9.68. The van der Waals surface area contributed by atoms with Crippen molar-refractivity contribution in [2.45, 2.75) is 28.8 Å². The second-order valence-electron chi connectivity index (χ2n) is 12.5. The summed E-state index contributed by atoms with van der Waals surface area (Å²) in [5.74, 6) is -3.80. The number of hydrogen-bond acceptors (Lipinski definition) is 7. The quantitative estimate of drug-likeness (QED) is 0.161. The summed E-state index contributed by atoms with van der Waals surface area (Å²) in [5.41, 5.74) is -0.420. The fourth-order valence-electron chi connectivity index (χ4n) is 8.27. The Morgan fingerprint density at radius 3 is 2.45 bits per heavy atom. The van der Waals surface area contributed by atoms with Gasteiger partial charge in [-0.05, 0) is 78.8 Å². The topological polar surface area (TPSA) is 109 Å². The van der Waals surface area contributed by atoms with E-state index in [9.17, 15) is 36.7 Å². The molecule has 15 heteroatoms. The number of fused-ring (bicyclic) bond motifs is 9. The van der Waals surface area contributed by atoms with E-state index in [1.165, 1.54) is 53.1 Å². The summed E-state index contributed by atoms with van der Waals surface area (Å²) in [6.45, 7) is -0.594. The molecule has 1 aromatic heterocycles. The molecule has 0 spiro atoms. The van der Waals surface area contributed by atoms with Gasteiger partial charge >= 0.3 is 11.0 Å². The van der Waals surface area contributed by atoms with Gasteiger partial charge in [-0.2, -0.15) is 13.2 Å². The molecular weight excluding hydrogens is 750 g/mol. The van der Waals surface area contributed by atoms with Crippen molar-refractivity contribution in [3.63, 3.8) is 0 Å². The summed E-state index contributed by atoms with van der Waals surface area (Å²) in [6.07, 6.45) is -4.04. The third-order valence-electron chi connectivity index (χ3n) is 9.98. The minimum absolute atomic E-state index is 0.132. The van der Waals surface area contributed by atoms with Gasteiger partial charge < -0.3 is 15.0 Å². The highest BCUT2D eigenvalue weighted by Gasteiger charge is 2.70. The second kappa shape index (κ2) is 11.8. The van der Waals surface area contributed by atoms with Crippen molar-refractivity contribution in [3.8, 4) is 5.75 Å². The molecule has 4 aliphatic rings. The largest absolute Gasteiger partial charge is 0.483 e. The number of carbonyl (C=O) groups excluding carboxylic acids is 3. The molecule has 3 amide bonds. The zero-order chi connectivity index (χ0) is 34.4. The molecule has 2 aliphatic carbocycles. The number of aromatic nitrogens is 1. The molecule has 3 aromatic carbocycles. The van der Waals surface area contributed by atoms with Gasteiger partial charge in [-0.1, -0.05) is 39.4 Å². The Hall–Kier alpha value is -3.95. The fourth-order valence-corrected chi connectivity index (χ4v) is 11.5. The summed E-state index contributed by atoms with van der Waals surface area (Å²) in [4.78, 5) is 58.0. The first-order valence-corrected chi connectivity index (χ1v) is 17.8. The van der Waals surface area contributed by atoms with Crippen LogP contribution in [0.25, 0.3) is 0 Å². The third-order valence-corrected chi connectivity index (χ3v) is 13.1. The summed E-state index contributed by atoms with van der Waals surface area (Å²) >= 11 is 6.09. The van der Waals surface area contributed by atoms with Crippen LogP contribution in [0.3, 0.4) is 0 Å². The Kier molecular flexibility index (Phi) is 7.79. The van der Waals surface area contributed by atoms with Crippen LogP contribution in [0.4, 0.5) is 28.9 Å². The van der Waals surface area contributed by atoms with Crippen LogP contribution < -0.4 is 19.8 Å². The highest BCUT2D eigenvalue weighted by atomic mass is 79.9. The number of anilines is 2. The third kappa shape index (κ3) is 5.32. The minimum atomic E-state index is -4.67. The predicted molar refractivity (Wildman–Crippen MR) is 177 cm³/mol. The molecule has 3 fully saturated rings. The monoisotopic (exact) mass is 773 g/mol. The molecule has 252 valence electrons. The van der Waals surface area contributed by atoms with Crippen molar-refractivity contribution >= 4 is 68.1 Å². The summed E-state index contributed by atoms with van der Waals surface area (Å²) < 4.78 is 60.9. The van der Waals surface area contributed by atoms with E-state index in [2.05, 4.69) is 26.2 Å².